The number of carboxylic acids is 1. The molecular weight excluding hydrogens is 281 g/mol. The maximum atomic E-state index is 10.6. The Morgan fingerprint density at radius 3 is 2.76 bits per heavy atom. The maximum Gasteiger partial charge on any atom is 0.307 e. The van der Waals surface area contributed by atoms with E-state index in [-0.39, 0.29) is 5.92 Å². The van der Waals surface area contributed by atoms with Gasteiger partial charge in [0.15, 0.2) is 0 Å². The highest BCUT2D eigenvalue weighted by Gasteiger charge is 2.13. The van der Waals surface area contributed by atoms with E-state index in [2.05, 4.69) is 4.98 Å². The highest BCUT2D eigenvalue weighted by molar-refractivity contribution is 7.98. The van der Waals surface area contributed by atoms with Crippen molar-refractivity contribution in [3.63, 3.8) is 0 Å². The third-order valence-electron chi connectivity index (χ3n) is 2.18. The molecule has 1 aromatic heterocycles. The third-order valence-corrected chi connectivity index (χ3v) is 4.06. The van der Waals surface area contributed by atoms with Gasteiger partial charge in [-0.2, -0.15) is 11.8 Å². The Bertz CT molecular complexity index is 403. The number of hydrogen-bond acceptors (Lipinski definition) is 3. The SMILES string of the molecule is Cc1cc(Cl)c(CSCC(C)C(=O)O)c(Cl)n1. The Labute approximate surface area is 115 Å². The molecule has 17 heavy (non-hydrogen) atoms. The van der Waals surface area contributed by atoms with Crippen LogP contribution < -0.4 is 0 Å². The number of aliphatic carboxylic acids is 1. The first-order chi connectivity index (χ1) is 7.91. The van der Waals surface area contributed by atoms with Gasteiger partial charge in [-0.15, -0.1) is 0 Å². The molecule has 94 valence electrons. The van der Waals surface area contributed by atoms with Gasteiger partial charge in [-0.25, -0.2) is 4.98 Å². The molecule has 0 radical (unpaired) electrons. The third kappa shape index (κ3) is 4.37. The lowest BCUT2D eigenvalue weighted by Crippen LogP contribution is -2.11. The second-order valence-electron chi connectivity index (χ2n) is 3.77. The zero-order valence-corrected chi connectivity index (χ0v) is 11.9. The number of rotatable bonds is 5. The first-order valence-electron chi connectivity index (χ1n) is 5.04. The van der Waals surface area contributed by atoms with Crippen molar-refractivity contribution in [2.75, 3.05) is 5.75 Å². The first-order valence-corrected chi connectivity index (χ1v) is 6.95. The molecule has 0 saturated carbocycles. The van der Waals surface area contributed by atoms with Crippen molar-refractivity contribution in [3.8, 4) is 0 Å². The fourth-order valence-electron chi connectivity index (χ4n) is 1.16. The van der Waals surface area contributed by atoms with Crippen LogP contribution in [0.25, 0.3) is 0 Å². The van der Waals surface area contributed by atoms with Gasteiger partial charge >= 0.3 is 5.97 Å². The Balaban J connectivity index is 2.61. The number of aromatic nitrogens is 1. The largest absolute Gasteiger partial charge is 0.481 e. The molecule has 6 heteroatoms. The summed E-state index contributed by atoms with van der Waals surface area (Å²) in [4.78, 5) is 14.8. The molecule has 3 nitrogen and oxygen atoms in total. The van der Waals surface area contributed by atoms with Crippen LogP contribution >= 0.6 is 35.0 Å². The van der Waals surface area contributed by atoms with Crippen molar-refractivity contribution in [1.29, 1.82) is 0 Å². The smallest absolute Gasteiger partial charge is 0.307 e. The molecule has 1 atom stereocenters. The highest BCUT2D eigenvalue weighted by Crippen LogP contribution is 2.28. The van der Waals surface area contributed by atoms with E-state index in [9.17, 15) is 4.79 Å². The van der Waals surface area contributed by atoms with Gasteiger partial charge in [0, 0.05) is 27.8 Å². The van der Waals surface area contributed by atoms with Crippen LogP contribution in [0.1, 0.15) is 18.2 Å². The molecule has 0 aliphatic rings. The van der Waals surface area contributed by atoms with Crippen molar-refractivity contribution < 1.29 is 9.90 Å². The van der Waals surface area contributed by atoms with Crippen LogP contribution in [0, 0.1) is 12.8 Å². The van der Waals surface area contributed by atoms with Gasteiger partial charge in [0.1, 0.15) is 5.15 Å². The quantitative estimate of drug-likeness (QED) is 0.842. The van der Waals surface area contributed by atoms with Crippen LogP contribution in [0.5, 0.6) is 0 Å². The molecule has 0 aliphatic heterocycles. The van der Waals surface area contributed by atoms with E-state index >= 15 is 0 Å². The minimum absolute atomic E-state index is 0.379. The molecule has 1 aromatic rings. The summed E-state index contributed by atoms with van der Waals surface area (Å²) in [6, 6.07) is 1.75. The Hall–Kier alpha value is -0.450. The zero-order valence-electron chi connectivity index (χ0n) is 9.54. The summed E-state index contributed by atoms with van der Waals surface area (Å²) in [6.07, 6.45) is 0. The predicted molar refractivity (Wildman–Crippen MR) is 72.0 cm³/mol. The molecule has 1 rings (SSSR count). The normalized spacial score (nSPS) is 12.5. The Kier molecular flexibility index (Phi) is 5.56. The van der Waals surface area contributed by atoms with E-state index < -0.39 is 5.97 Å². The molecule has 0 bridgehead atoms. The van der Waals surface area contributed by atoms with Crippen LogP contribution in [0.15, 0.2) is 6.07 Å². The molecule has 0 aromatic carbocycles. The number of carbonyl (C=O) groups is 1. The maximum absolute atomic E-state index is 10.6. The van der Waals surface area contributed by atoms with Crippen LogP contribution in [-0.2, 0) is 10.5 Å². The molecule has 0 amide bonds. The van der Waals surface area contributed by atoms with Crippen molar-refractivity contribution in [3.05, 3.63) is 27.5 Å². The van der Waals surface area contributed by atoms with Crippen LogP contribution in [-0.4, -0.2) is 21.8 Å². The average molecular weight is 294 g/mol. The lowest BCUT2D eigenvalue weighted by Gasteiger charge is -2.09. The molecule has 1 unspecified atom stereocenters. The number of pyridine rings is 1. The second kappa shape index (κ2) is 6.47. The number of nitrogens with zero attached hydrogens (tertiary/aromatic N) is 1. The molecule has 1 heterocycles. The number of hydrogen-bond donors (Lipinski definition) is 1. The van der Waals surface area contributed by atoms with Crippen LogP contribution in [0.3, 0.4) is 0 Å². The van der Waals surface area contributed by atoms with Crippen LogP contribution in [0.2, 0.25) is 10.2 Å². The summed E-state index contributed by atoms with van der Waals surface area (Å²) in [5.74, 6) is -0.0778. The van der Waals surface area contributed by atoms with Gasteiger partial charge in [-0.3, -0.25) is 4.79 Å². The minimum Gasteiger partial charge on any atom is -0.481 e. The predicted octanol–water partition coefficient (Wildman–Crippen LogP) is 3.65. The minimum atomic E-state index is -0.795. The van der Waals surface area contributed by atoms with E-state index in [1.165, 1.54) is 11.8 Å². The van der Waals surface area contributed by atoms with E-state index in [0.717, 1.165) is 11.3 Å². The Morgan fingerprint density at radius 1 is 1.59 bits per heavy atom. The number of carboxylic acid groups (broad SMARTS) is 1. The van der Waals surface area contributed by atoms with E-state index in [0.29, 0.717) is 21.7 Å². The van der Waals surface area contributed by atoms with Gasteiger partial charge in [0.25, 0.3) is 0 Å². The zero-order chi connectivity index (χ0) is 13.0. The van der Waals surface area contributed by atoms with Crippen molar-refractivity contribution in [1.82, 2.24) is 4.98 Å². The molecule has 0 aliphatic carbocycles. The lowest BCUT2D eigenvalue weighted by atomic mass is 10.2. The van der Waals surface area contributed by atoms with Crippen molar-refractivity contribution >= 4 is 40.9 Å². The molecule has 1 N–H and O–H groups in total. The number of aryl methyl sites for hydroxylation is 1. The van der Waals surface area contributed by atoms with Gasteiger partial charge in [-0.05, 0) is 13.0 Å². The van der Waals surface area contributed by atoms with Gasteiger partial charge in [0.05, 0.1) is 5.92 Å². The van der Waals surface area contributed by atoms with Gasteiger partial charge in [-0.1, -0.05) is 30.1 Å². The average Bonchev–Trinajstić information content (AvgIpc) is 2.21. The number of thioether (sulfide) groups is 1. The van der Waals surface area contributed by atoms with E-state index in [1.54, 1.807) is 13.0 Å². The summed E-state index contributed by atoms with van der Waals surface area (Å²) < 4.78 is 0. The second-order valence-corrected chi connectivity index (χ2v) is 5.56. The molecule has 0 fully saturated rings. The Morgan fingerprint density at radius 2 is 2.24 bits per heavy atom. The van der Waals surface area contributed by atoms with Gasteiger partial charge < -0.3 is 5.11 Å². The van der Waals surface area contributed by atoms with Gasteiger partial charge in [0.2, 0.25) is 0 Å². The summed E-state index contributed by atoms with van der Waals surface area (Å²) in [5, 5.41) is 9.72. The summed E-state index contributed by atoms with van der Waals surface area (Å²) in [6.45, 7) is 3.49. The lowest BCUT2D eigenvalue weighted by molar-refractivity contribution is -0.140. The standard InChI is InChI=1S/C11H13Cl2NO2S/c1-6(11(15)16)4-17-5-8-9(12)3-7(2)14-10(8)13/h3,6H,4-5H2,1-2H3,(H,15,16). The van der Waals surface area contributed by atoms with E-state index in [1.807, 2.05) is 6.92 Å². The molecule has 0 spiro atoms. The van der Waals surface area contributed by atoms with Crippen molar-refractivity contribution in [2.24, 2.45) is 5.92 Å². The monoisotopic (exact) mass is 293 g/mol. The fourth-order valence-corrected chi connectivity index (χ4v) is 3.09. The van der Waals surface area contributed by atoms with E-state index in [4.69, 9.17) is 28.3 Å². The summed E-state index contributed by atoms with van der Waals surface area (Å²) >= 11 is 13.5. The molecule has 0 saturated heterocycles. The summed E-state index contributed by atoms with van der Waals surface area (Å²) in [7, 11) is 0. The fraction of sp³-hybridized carbons (Fsp3) is 0.455. The summed E-state index contributed by atoms with van der Waals surface area (Å²) in [5.41, 5.74) is 1.54. The first kappa shape index (κ1) is 14.6. The molecular formula is C11H13Cl2NO2S. The topological polar surface area (TPSA) is 50.2 Å². The number of halogens is 2. The highest BCUT2D eigenvalue weighted by atomic mass is 35.5. The van der Waals surface area contributed by atoms with Crippen LogP contribution in [0.4, 0.5) is 0 Å². The van der Waals surface area contributed by atoms with Crippen molar-refractivity contribution in [2.45, 2.75) is 19.6 Å².